The molecule has 3 rings (SSSR count). The topological polar surface area (TPSA) is 49.9 Å². The van der Waals surface area contributed by atoms with Gasteiger partial charge in [-0.3, -0.25) is 9.59 Å². The van der Waals surface area contributed by atoms with Crippen LogP contribution >= 0.6 is 23.4 Å². The van der Waals surface area contributed by atoms with Crippen LogP contribution in [0.3, 0.4) is 0 Å². The van der Waals surface area contributed by atoms with Gasteiger partial charge in [-0.05, 0) is 37.1 Å². The minimum Gasteiger partial charge on any atom is -0.484 e. The highest BCUT2D eigenvalue weighted by Crippen LogP contribution is 2.44. The van der Waals surface area contributed by atoms with Crippen LogP contribution in [0, 0.1) is 5.92 Å². The average Bonchev–Trinajstić information content (AvgIpc) is 3.04. The summed E-state index contributed by atoms with van der Waals surface area (Å²) in [5, 5.41) is 0.640. The van der Waals surface area contributed by atoms with Gasteiger partial charge in [0.1, 0.15) is 5.75 Å². The number of carbonyl (C=O) groups excluding carboxylic acids is 2. The summed E-state index contributed by atoms with van der Waals surface area (Å²) in [7, 11) is 0. The van der Waals surface area contributed by atoms with E-state index in [4.69, 9.17) is 16.3 Å². The molecule has 2 heterocycles. The number of ether oxygens (including phenoxy) is 1. The van der Waals surface area contributed by atoms with Crippen molar-refractivity contribution in [1.82, 2.24) is 9.80 Å². The van der Waals surface area contributed by atoms with E-state index in [-0.39, 0.29) is 29.2 Å². The number of benzene rings is 1. The molecule has 0 aromatic heterocycles. The Kier molecular flexibility index (Phi) is 6.03. The molecular formula is C19H25ClN2O3S. The molecule has 0 N–H and O–H groups in total. The summed E-state index contributed by atoms with van der Waals surface area (Å²) >= 11 is 7.71. The van der Waals surface area contributed by atoms with Crippen molar-refractivity contribution < 1.29 is 14.3 Å². The lowest BCUT2D eigenvalue weighted by molar-refractivity contribution is -0.140. The molecule has 0 aliphatic carbocycles. The number of amides is 2. The highest BCUT2D eigenvalue weighted by Gasteiger charge is 2.46. The molecule has 1 aromatic carbocycles. The summed E-state index contributed by atoms with van der Waals surface area (Å²) in [5.74, 6) is 1.80. The lowest BCUT2D eigenvalue weighted by Gasteiger charge is -2.44. The van der Waals surface area contributed by atoms with Crippen LogP contribution in [-0.2, 0) is 9.59 Å². The smallest absolute Gasteiger partial charge is 0.261 e. The number of carbonyl (C=O) groups is 2. The lowest BCUT2D eigenvalue weighted by Crippen LogP contribution is -2.55. The van der Waals surface area contributed by atoms with Crippen molar-refractivity contribution in [2.24, 2.45) is 5.92 Å². The van der Waals surface area contributed by atoms with Crippen molar-refractivity contribution in [3.8, 4) is 5.75 Å². The van der Waals surface area contributed by atoms with Gasteiger partial charge in [0, 0.05) is 36.3 Å². The maximum Gasteiger partial charge on any atom is 0.261 e. The standard InChI is InChI=1S/C19H25ClN2O3S/c1-14(2)18(24)21-9-7-19(8-10-21)22(11-12-26-19)17(23)13-25-16-5-3-15(20)4-6-16/h3-6,14H,7-13H2,1-2H3. The zero-order valence-corrected chi connectivity index (χ0v) is 16.8. The lowest BCUT2D eigenvalue weighted by atomic mass is 10.0. The van der Waals surface area contributed by atoms with Crippen molar-refractivity contribution in [2.75, 3.05) is 32.0 Å². The maximum atomic E-state index is 12.8. The molecule has 0 saturated carbocycles. The fourth-order valence-electron chi connectivity index (χ4n) is 3.57. The van der Waals surface area contributed by atoms with Crippen molar-refractivity contribution in [3.63, 3.8) is 0 Å². The van der Waals surface area contributed by atoms with Gasteiger partial charge < -0.3 is 14.5 Å². The predicted molar refractivity (Wildman–Crippen MR) is 105 cm³/mol. The normalized spacial score (nSPS) is 19.2. The highest BCUT2D eigenvalue weighted by atomic mass is 35.5. The summed E-state index contributed by atoms with van der Waals surface area (Å²) in [6, 6.07) is 7.02. The number of piperidine rings is 1. The summed E-state index contributed by atoms with van der Waals surface area (Å²) < 4.78 is 5.64. The Hall–Kier alpha value is -1.40. The van der Waals surface area contributed by atoms with Crippen molar-refractivity contribution in [1.29, 1.82) is 0 Å². The van der Waals surface area contributed by atoms with E-state index in [2.05, 4.69) is 0 Å². The minimum absolute atomic E-state index is 0.00795. The quantitative estimate of drug-likeness (QED) is 0.783. The van der Waals surface area contributed by atoms with Crippen LogP contribution in [0.15, 0.2) is 24.3 Å². The van der Waals surface area contributed by atoms with Crippen LogP contribution in [0.2, 0.25) is 5.02 Å². The number of hydrogen-bond acceptors (Lipinski definition) is 4. The largest absolute Gasteiger partial charge is 0.484 e. The van der Waals surface area contributed by atoms with E-state index in [1.165, 1.54) is 0 Å². The van der Waals surface area contributed by atoms with Gasteiger partial charge in [-0.1, -0.05) is 25.4 Å². The molecule has 0 atom stereocenters. The first-order valence-corrected chi connectivity index (χ1v) is 10.4. The molecule has 1 aromatic rings. The molecule has 2 saturated heterocycles. The Morgan fingerprint density at radius 3 is 2.46 bits per heavy atom. The van der Waals surface area contributed by atoms with E-state index in [1.807, 2.05) is 35.4 Å². The van der Waals surface area contributed by atoms with Crippen LogP contribution in [0.25, 0.3) is 0 Å². The van der Waals surface area contributed by atoms with Crippen molar-refractivity contribution in [3.05, 3.63) is 29.3 Å². The number of likely N-dealkylation sites (tertiary alicyclic amines) is 1. The van der Waals surface area contributed by atoms with Gasteiger partial charge in [-0.25, -0.2) is 0 Å². The highest BCUT2D eigenvalue weighted by molar-refractivity contribution is 8.00. The van der Waals surface area contributed by atoms with Crippen molar-refractivity contribution >= 4 is 35.2 Å². The first-order chi connectivity index (χ1) is 12.4. The average molecular weight is 397 g/mol. The van der Waals surface area contributed by atoms with Crippen LogP contribution in [0.4, 0.5) is 0 Å². The SMILES string of the molecule is CC(C)C(=O)N1CCC2(CC1)SCCN2C(=O)COc1ccc(Cl)cc1. The van der Waals surface area contributed by atoms with Gasteiger partial charge in [0.25, 0.3) is 5.91 Å². The van der Waals surface area contributed by atoms with E-state index in [0.717, 1.165) is 25.1 Å². The second kappa shape index (κ2) is 8.09. The Balaban J connectivity index is 1.58. The van der Waals surface area contributed by atoms with Crippen LogP contribution in [-0.4, -0.2) is 58.5 Å². The first kappa shape index (κ1) is 19.4. The van der Waals surface area contributed by atoms with Gasteiger partial charge in [0.05, 0.1) is 4.87 Å². The molecule has 7 heteroatoms. The number of rotatable bonds is 4. The predicted octanol–water partition coefficient (Wildman–Crippen LogP) is 3.27. The fourth-order valence-corrected chi connectivity index (χ4v) is 5.17. The molecule has 2 amide bonds. The summed E-state index contributed by atoms with van der Waals surface area (Å²) in [4.78, 5) is 28.7. The van der Waals surface area contributed by atoms with E-state index in [0.29, 0.717) is 23.9 Å². The van der Waals surface area contributed by atoms with Gasteiger partial charge >= 0.3 is 0 Å². The number of thioether (sulfide) groups is 1. The number of halogens is 1. The second-order valence-electron chi connectivity index (χ2n) is 7.06. The van der Waals surface area contributed by atoms with Gasteiger partial charge in [0.2, 0.25) is 5.91 Å². The van der Waals surface area contributed by atoms with Gasteiger partial charge in [-0.15, -0.1) is 11.8 Å². The van der Waals surface area contributed by atoms with E-state index in [1.54, 1.807) is 24.3 Å². The molecule has 0 unspecified atom stereocenters. The monoisotopic (exact) mass is 396 g/mol. The molecule has 26 heavy (non-hydrogen) atoms. The Bertz CT molecular complexity index is 657. The Morgan fingerprint density at radius 1 is 1.19 bits per heavy atom. The maximum absolute atomic E-state index is 12.8. The molecule has 0 radical (unpaired) electrons. The zero-order valence-electron chi connectivity index (χ0n) is 15.2. The molecule has 2 aliphatic rings. The van der Waals surface area contributed by atoms with E-state index >= 15 is 0 Å². The molecule has 0 bridgehead atoms. The van der Waals surface area contributed by atoms with Gasteiger partial charge in [0.15, 0.2) is 6.61 Å². The Labute approximate surface area is 164 Å². The van der Waals surface area contributed by atoms with Gasteiger partial charge in [-0.2, -0.15) is 0 Å². The fraction of sp³-hybridized carbons (Fsp3) is 0.579. The molecule has 5 nitrogen and oxygen atoms in total. The molecule has 1 spiro atoms. The third-order valence-electron chi connectivity index (χ3n) is 5.00. The summed E-state index contributed by atoms with van der Waals surface area (Å²) in [5.41, 5.74) is 0. The van der Waals surface area contributed by atoms with E-state index < -0.39 is 0 Å². The third-order valence-corrected chi connectivity index (χ3v) is 6.81. The Morgan fingerprint density at radius 2 is 1.85 bits per heavy atom. The molecule has 2 aliphatic heterocycles. The van der Waals surface area contributed by atoms with Crippen LogP contribution in [0.5, 0.6) is 5.75 Å². The van der Waals surface area contributed by atoms with Crippen LogP contribution < -0.4 is 4.74 Å². The third kappa shape index (κ3) is 4.12. The summed E-state index contributed by atoms with van der Waals surface area (Å²) in [6.07, 6.45) is 1.64. The molecule has 142 valence electrons. The van der Waals surface area contributed by atoms with Crippen LogP contribution in [0.1, 0.15) is 26.7 Å². The second-order valence-corrected chi connectivity index (χ2v) is 8.96. The summed E-state index contributed by atoms with van der Waals surface area (Å²) in [6.45, 7) is 6.06. The zero-order chi connectivity index (χ0) is 18.7. The van der Waals surface area contributed by atoms with Crippen molar-refractivity contribution in [2.45, 2.75) is 31.6 Å². The number of nitrogens with zero attached hydrogens (tertiary/aromatic N) is 2. The molecule has 2 fully saturated rings. The number of hydrogen-bond donors (Lipinski definition) is 0. The molecular weight excluding hydrogens is 372 g/mol. The van der Waals surface area contributed by atoms with E-state index in [9.17, 15) is 9.59 Å². The first-order valence-electron chi connectivity index (χ1n) is 9.03. The minimum atomic E-state index is -0.186.